The molecule has 16 heavy (non-hydrogen) atoms. The molecular weight excluding hydrogens is 204 g/mol. The number of benzene rings is 1. The molecule has 0 bridgehead atoms. The molecule has 0 radical (unpaired) electrons. The van der Waals surface area contributed by atoms with E-state index in [1.54, 1.807) is 7.05 Å². The van der Waals surface area contributed by atoms with Gasteiger partial charge in [0.1, 0.15) is 5.75 Å². The van der Waals surface area contributed by atoms with Crippen LogP contribution in [0.3, 0.4) is 0 Å². The van der Waals surface area contributed by atoms with Gasteiger partial charge in [0, 0.05) is 26.2 Å². The lowest BCUT2D eigenvalue weighted by molar-refractivity contribution is -0.120. The van der Waals surface area contributed by atoms with E-state index in [9.17, 15) is 4.79 Å². The summed E-state index contributed by atoms with van der Waals surface area (Å²) in [4.78, 5) is 10.9. The van der Waals surface area contributed by atoms with Gasteiger partial charge in [-0.1, -0.05) is 0 Å². The maximum Gasteiger partial charge on any atom is 0.219 e. The van der Waals surface area contributed by atoms with E-state index in [0.29, 0.717) is 13.0 Å². The average molecular weight is 222 g/mol. The minimum atomic E-state index is 0.0501. The Kier molecular flexibility index (Phi) is 5.19. The third-order valence-corrected chi connectivity index (χ3v) is 2.24. The highest BCUT2D eigenvalue weighted by Crippen LogP contribution is 2.15. The Morgan fingerprint density at radius 2 is 1.94 bits per heavy atom. The molecule has 2 N–H and O–H groups in total. The maximum absolute atomic E-state index is 10.9. The predicted octanol–water partition coefficient (Wildman–Crippen LogP) is 1.63. The molecule has 0 atom stereocenters. The highest BCUT2D eigenvalue weighted by molar-refractivity contribution is 5.75. The van der Waals surface area contributed by atoms with E-state index >= 15 is 0 Å². The summed E-state index contributed by atoms with van der Waals surface area (Å²) in [5, 5.41) is 5.61. The summed E-state index contributed by atoms with van der Waals surface area (Å²) in [6.07, 6.45) is 1.23. The van der Waals surface area contributed by atoms with Crippen LogP contribution in [-0.4, -0.2) is 26.6 Å². The first-order valence-electron chi connectivity index (χ1n) is 5.37. The molecule has 0 aliphatic rings. The quantitative estimate of drug-likeness (QED) is 0.719. The topological polar surface area (TPSA) is 50.4 Å². The minimum Gasteiger partial charge on any atom is -0.494 e. The van der Waals surface area contributed by atoms with Gasteiger partial charge in [-0.3, -0.25) is 4.79 Å². The third-order valence-electron chi connectivity index (χ3n) is 2.24. The van der Waals surface area contributed by atoms with Crippen LogP contribution in [0.5, 0.6) is 5.75 Å². The van der Waals surface area contributed by atoms with Gasteiger partial charge in [-0.05, 0) is 30.7 Å². The molecule has 0 unspecified atom stereocenters. The second-order valence-electron chi connectivity index (χ2n) is 3.40. The van der Waals surface area contributed by atoms with Crippen LogP contribution >= 0.6 is 0 Å². The molecule has 4 nitrogen and oxygen atoms in total. The average Bonchev–Trinajstić information content (AvgIpc) is 2.35. The van der Waals surface area contributed by atoms with Crippen LogP contribution in [0.2, 0.25) is 0 Å². The van der Waals surface area contributed by atoms with Gasteiger partial charge in [-0.2, -0.15) is 0 Å². The second kappa shape index (κ2) is 6.71. The van der Waals surface area contributed by atoms with Crippen LogP contribution in [0, 0.1) is 0 Å². The van der Waals surface area contributed by atoms with E-state index in [2.05, 4.69) is 10.6 Å². The number of rotatable bonds is 6. The third kappa shape index (κ3) is 4.21. The molecule has 0 aromatic heterocycles. The van der Waals surface area contributed by atoms with Gasteiger partial charge in [0.2, 0.25) is 5.91 Å². The van der Waals surface area contributed by atoms with Gasteiger partial charge >= 0.3 is 0 Å². The van der Waals surface area contributed by atoms with E-state index in [0.717, 1.165) is 17.9 Å². The number of hydrogen-bond acceptors (Lipinski definition) is 3. The molecule has 0 aliphatic carbocycles. The number of hydrogen-bond donors (Lipinski definition) is 2. The summed E-state index contributed by atoms with van der Waals surface area (Å²) in [5.74, 6) is 0.880. The SMILES string of the molecule is CNC(=O)CCCOc1ccc(NC)cc1. The van der Waals surface area contributed by atoms with Crippen molar-refractivity contribution < 1.29 is 9.53 Å². The first-order valence-corrected chi connectivity index (χ1v) is 5.37. The zero-order valence-electron chi connectivity index (χ0n) is 9.75. The summed E-state index contributed by atoms with van der Waals surface area (Å²) >= 11 is 0. The molecule has 1 aromatic carbocycles. The van der Waals surface area contributed by atoms with E-state index in [1.165, 1.54) is 0 Å². The van der Waals surface area contributed by atoms with Crippen molar-refractivity contribution in [2.75, 3.05) is 26.0 Å². The predicted molar refractivity (Wildman–Crippen MR) is 64.8 cm³/mol. The van der Waals surface area contributed by atoms with Crippen LogP contribution in [0.1, 0.15) is 12.8 Å². The van der Waals surface area contributed by atoms with Crippen molar-refractivity contribution in [1.82, 2.24) is 5.32 Å². The molecule has 4 heteroatoms. The first kappa shape index (κ1) is 12.4. The minimum absolute atomic E-state index is 0.0501. The molecule has 88 valence electrons. The smallest absolute Gasteiger partial charge is 0.219 e. The standard InChI is InChI=1S/C12H18N2O2/c1-13-10-5-7-11(8-6-10)16-9-3-4-12(15)14-2/h5-8,13H,3-4,9H2,1-2H3,(H,14,15). The molecular formula is C12H18N2O2. The fourth-order valence-electron chi connectivity index (χ4n) is 1.27. The normalized spacial score (nSPS) is 9.62. The molecule has 0 spiro atoms. The van der Waals surface area contributed by atoms with Crippen LogP contribution in [-0.2, 0) is 4.79 Å². The largest absolute Gasteiger partial charge is 0.494 e. The van der Waals surface area contributed by atoms with Crippen LogP contribution in [0.25, 0.3) is 0 Å². The fourth-order valence-corrected chi connectivity index (χ4v) is 1.27. The highest BCUT2D eigenvalue weighted by Gasteiger charge is 1.98. The maximum atomic E-state index is 10.9. The van der Waals surface area contributed by atoms with Crippen molar-refractivity contribution in [1.29, 1.82) is 0 Å². The van der Waals surface area contributed by atoms with Gasteiger partial charge in [-0.25, -0.2) is 0 Å². The Bertz CT molecular complexity index is 322. The first-order chi connectivity index (χ1) is 7.76. The summed E-state index contributed by atoms with van der Waals surface area (Å²) in [5.41, 5.74) is 1.05. The monoisotopic (exact) mass is 222 g/mol. The van der Waals surface area contributed by atoms with Crippen molar-refractivity contribution in [3.63, 3.8) is 0 Å². The van der Waals surface area contributed by atoms with Crippen molar-refractivity contribution in [2.24, 2.45) is 0 Å². The fraction of sp³-hybridized carbons (Fsp3) is 0.417. The second-order valence-corrected chi connectivity index (χ2v) is 3.40. The zero-order valence-corrected chi connectivity index (χ0v) is 9.75. The summed E-state index contributed by atoms with van der Waals surface area (Å²) in [6.45, 7) is 0.562. The number of nitrogens with one attached hydrogen (secondary N) is 2. The zero-order chi connectivity index (χ0) is 11.8. The van der Waals surface area contributed by atoms with Crippen LogP contribution < -0.4 is 15.4 Å². The molecule has 1 amide bonds. The van der Waals surface area contributed by atoms with Crippen molar-refractivity contribution in [3.8, 4) is 5.75 Å². The number of amides is 1. The number of anilines is 1. The van der Waals surface area contributed by atoms with E-state index in [1.807, 2.05) is 31.3 Å². The summed E-state index contributed by atoms with van der Waals surface area (Å²) in [6, 6.07) is 7.72. The van der Waals surface area contributed by atoms with Gasteiger partial charge in [0.15, 0.2) is 0 Å². The lowest BCUT2D eigenvalue weighted by Gasteiger charge is -2.06. The van der Waals surface area contributed by atoms with E-state index in [4.69, 9.17) is 4.74 Å². The molecule has 1 aromatic rings. The van der Waals surface area contributed by atoms with E-state index in [-0.39, 0.29) is 5.91 Å². The van der Waals surface area contributed by atoms with Crippen LogP contribution in [0.15, 0.2) is 24.3 Å². The Labute approximate surface area is 96.0 Å². The van der Waals surface area contributed by atoms with Crippen LogP contribution in [0.4, 0.5) is 5.69 Å². The molecule has 0 heterocycles. The van der Waals surface area contributed by atoms with Gasteiger partial charge in [-0.15, -0.1) is 0 Å². The summed E-state index contributed by atoms with van der Waals surface area (Å²) in [7, 11) is 3.51. The highest BCUT2D eigenvalue weighted by atomic mass is 16.5. The Morgan fingerprint density at radius 3 is 2.50 bits per heavy atom. The molecule has 0 saturated heterocycles. The molecule has 0 aliphatic heterocycles. The van der Waals surface area contributed by atoms with E-state index < -0.39 is 0 Å². The van der Waals surface area contributed by atoms with Gasteiger partial charge in [0.25, 0.3) is 0 Å². The number of carbonyl (C=O) groups is 1. The molecule has 1 rings (SSSR count). The number of ether oxygens (including phenoxy) is 1. The van der Waals surface area contributed by atoms with Crippen molar-refractivity contribution >= 4 is 11.6 Å². The number of carbonyl (C=O) groups excluding carboxylic acids is 1. The van der Waals surface area contributed by atoms with Gasteiger partial charge in [0.05, 0.1) is 6.61 Å². The Balaban J connectivity index is 2.24. The van der Waals surface area contributed by atoms with Gasteiger partial charge < -0.3 is 15.4 Å². The molecule has 0 saturated carbocycles. The lowest BCUT2D eigenvalue weighted by Crippen LogP contribution is -2.18. The summed E-state index contributed by atoms with van der Waals surface area (Å²) < 4.78 is 5.49. The Morgan fingerprint density at radius 1 is 1.25 bits per heavy atom. The van der Waals surface area contributed by atoms with Crippen molar-refractivity contribution in [3.05, 3.63) is 24.3 Å². The van der Waals surface area contributed by atoms with Crippen molar-refractivity contribution in [2.45, 2.75) is 12.8 Å². The Hall–Kier alpha value is -1.71. The lowest BCUT2D eigenvalue weighted by atomic mass is 10.3. The molecule has 0 fully saturated rings.